The van der Waals surface area contributed by atoms with Crippen molar-refractivity contribution in [2.24, 2.45) is 11.8 Å². The van der Waals surface area contributed by atoms with Gasteiger partial charge >= 0.3 is 6.09 Å². The molecule has 0 radical (unpaired) electrons. The van der Waals surface area contributed by atoms with E-state index < -0.39 is 0 Å². The Bertz CT molecular complexity index is 292. The van der Waals surface area contributed by atoms with Gasteiger partial charge in [-0.15, -0.1) is 0 Å². The maximum absolute atomic E-state index is 11.4. The summed E-state index contributed by atoms with van der Waals surface area (Å²) in [5.41, 5.74) is 0. The highest BCUT2D eigenvalue weighted by Crippen LogP contribution is 2.29. The second kappa shape index (κ2) is 7.13. The molecular formula is C15H28N2O2. The van der Waals surface area contributed by atoms with Crippen LogP contribution >= 0.6 is 0 Å². The largest absolute Gasteiger partial charge is 0.453 e. The number of amides is 1. The van der Waals surface area contributed by atoms with Gasteiger partial charge in [-0.1, -0.05) is 19.8 Å². The molecule has 1 heterocycles. The lowest BCUT2D eigenvalue weighted by Crippen LogP contribution is -2.52. The van der Waals surface area contributed by atoms with Crippen LogP contribution in [0.25, 0.3) is 0 Å². The van der Waals surface area contributed by atoms with E-state index in [1.54, 1.807) is 0 Å². The van der Waals surface area contributed by atoms with Gasteiger partial charge in [0, 0.05) is 25.7 Å². The van der Waals surface area contributed by atoms with Gasteiger partial charge in [0.15, 0.2) is 0 Å². The van der Waals surface area contributed by atoms with Gasteiger partial charge in [-0.05, 0) is 37.5 Å². The van der Waals surface area contributed by atoms with Crippen molar-refractivity contribution < 1.29 is 9.53 Å². The summed E-state index contributed by atoms with van der Waals surface area (Å²) in [6.45, 7) is 5.67. The predicted molar refractivity (Wildman–Crippen MR) is 76.1 cm³/mol. The highest BCUT2D eigenvalue weighted by molar-refractivity contribution is 5.67. The van der Waals surface area contributed by atoms with Gasteiger partial charge in [-0.25, -0.2) is 4.79 Å². The van der Waals surface area contributed by atoms with Gasteiger partial charge in [0.1, 0.15) is 0 Å². The van der Waals surface area contributed by atoms with Crippen molar-refractivity contribution in [1.82, 2.24) is 10.2 Å². The highest BCUT2D eigenvalue weighted by atomic mass is 16.5. The van der Waals surface area contributed by atoms with E-state index in [1.807, 2.05) is 0 Å². The van der Waals surface area contributed by atoms with E-state index in [4.69, 9.17) is 4.74 Å². The molecule has 2 aliphatic rings. The number of nitrogens with zero attached hydrogens (tertiary/aromatic N) is 1. The normalized spacial score (nSPS) is 28.7. The highest BCUT2D eigenvalue weighted by Gasteiger charge is 2.30. The van der Waals surface area contributed by atoms with E-state index in [0.29, 0.717) is 0 Å². The van der Waals surface area contributed by atoms with E-state index >= 15 is 0 Å². The summed E-state index contributed by atoms with van der Waals surface area (Å²) in [6, 6.07) is 0.262. The van der Waals surface area contributed by atoms with Gasteiger partial charge < -0.3 is 15.0 Å². The Morgan fingerprint density at radius 3 is 2.68 bits per heavy atom. The molecule has 1 N–H and O–H groups in total. The molecule has 1 amide bonds. The molecule has 110 valence electrons. The zero-order valence-electron chi connectivity index (χ0n) is 12.4. The maximum atomic E-state index is 11.4. The number of rotatable bonds is 5. The summed E-state index contributed by atoms with van der Waals surface area (Å²) in [7, 11) is 1.44. The topological polar surface area (TPSA) is 41.6 Å². The average Bonchev–Trinajstić information content (AvgIpc) is 2.34. The van der Waals surface area contributed by atoms with Crippen LogP contribution in [0.2, 0.25) is 0 Å². The number of hydrogen-bond acceptors (Lipinski definition) is 3. The molecule has 19 heavy (non-hydrogen) atoms. The molecule has 2 rings (SSSR count). The molecule has 1 aliphatic heterocycles. The lowest BCUT2D eigenvalue weighted by atomic mass is 9.83. The Kier molecular flexibility index (Phi) is 5.49. The van der Waals surface area contributed by atoms with E-state index in [1.165, 1.54) is 52.3 Å². The number of piperidine rings is 1. The molecule has 4 heteroatoms. The van der Waals surface area contributed by atoms with Gasteiger partial charge in [-0.3, -0.25) is 0 Å². The Labute approximate surface area is 116 Å². The molecule has 0 spiro atoms. The molecule has 1 aliphatic carbocycles. The van der Waals surface area contributed by atoms with Crippen molar-refractivity contribution in [3.63, 3.8) is 0 Å². The number of hydrogen-bond donors (Lipinski definition) is 1. The van der Waals surface area contributed by atoms with Crippen LogP contribution in [0.15, 0.2) is 0 Å². The predicted octanol–water partition coefficient (Wildman–Crippen LogP) is 2.63. The molecule has 1 saturated carbocycles. The molecule has 0 aromatic carbocycles. The van der Waals surface area contributed by atoms with E-state index in [0.717, 1.165) is 24.8 Å². The fourth-order valence-electron chi connectivity index (χ4n) is 3.44. The average molecular weight is 268 g/mol. The summed E-state index contributed by atoms with van der Waals surface area (Å²) in [4.78, 5) is 14.0. The van der Waals surface area contributed by atoms with Crippen LogP contribution in [0.5, 0.6) is 0 Å². The van der Waals surface area contributed by atoms with E-state index in [-0.39, 0.29) is 12.1 Å². The van der Waals surface area contributed by atoms with Gasteiger partial charge in [0.2, 0.25) is 0 Å². The zero-order valence-corrected chi connectivity index (χ0v) is 12.4. The minimum absolute atomic E-state index is 0.262. The molecule has 2 atom stereocenters. The number of carbonyl (C=O) groups excluding carboxylic acids is 1. The molecule has 1 saturated heterocycles. The number of likely N-dealkylation sites (tertiary alicyclic amines) is 1. The van der Waals surface area contributed by atoms with Crippen molar-refractivity contribution >= 4 is 6.09 Å². The monoisotopic (exact) mass is 268 g/mol. The first kappa shape index (κ1) is 14.6. The molecule has 4 nitrogen and oxygen atoms in total. The molecule has 0 aromatic heterocycles. The first-order valence-corrected chi connectivity index (χ1v) is 7.78. The maximum Gasteiger partial charge on any atom is 0.407 e. The van der Waals surface area contributed by atoms with Crippen molar-refractivity contribution in [1.29, 1.82) is 0 Å². The lowest BCUT2D eigenvalue weighted by molar-refractivity contribution is 0.0937. The number of methoxy groups -OCH3 is 1. The number of nitrogens with one attached hydrogen (secondary N) is 1. The standard InChI is InChI=1S/C15H28N2O2/c1-3-5-13-8-14(16-15(18)19-2)11-17(10-13)9-12-6-4-7-12/h12-14H,3-11H2,1-2H3,(H,16,18). The van der Waals surface area contributed by atoms with Crippen molar-refractivity contribution in [2.75, 3.05) is 26.7 Å². The third-order valence-electron chi connectivity index (χ3n) is 4.56. The third-order valence-corrected chi connectivity index (χ3v) is 4.56. The Morgan fingerprint density at radius 1 is 1.32 bits per heavy atom. The summed E-state index contributed by atoms with van der Waals surface area (Å²) in [6.07, 6.45) is 7.50. The fraction of sp³-hybridized carbons (Fsp3) is 0.933. The third kappa shape index (κ3) is 4.37. The fourth-order valence-corrected chi connectivity index (χ4v) is 3.44. The summed E-state index contributed by atoms with van der Waals surface area (Å²) >= 11 is 0. The smallest absolute Gasteiger partial charge is 0.407 e. The van der Waals surface area contributed by atoms with Crippen LogP contribution in [-0.4, -0.2) is 43.8 Å². The van der Waals surface area contributed by atoms with Crippen LogP contribution in [-0.2, 0) is 4.74 Å². The Hall–Kier alpha value is -0.770. The van der Waals surface area contributed by atoms with Gasteiger partial charge in [0.05, 0.1) is 7.11 Å². The van der Waals surface area contributed by atoms with Gasteiger partial charge in [-0.2, -0.15) is 0 Å². The van der Waals surface area contributed by atoms with Crippen LogP contribution in [0, 0.1) is 11.8 Å². The van der Waals surface area contributed by atoms with Crippen LogP contribution < -0.4 is 5.32 Å². The van der Waals surface area contributed by atoms with E-state index in [2.05, 4.69) is 17.1 Å². The molecule has 0 bridgehead atoms. The zero-order chi connectivity index (χ0) is 13.7. The molecule has 2 fully saturated rings. The van der Waals surface area contributed by atoms with Crippen LogP contribution in [0.4, 0.5) is 4.79 Å². The second-order valence-electron chi connectivity index (χ2n) is 6.24. The quantitative estimate of drug-likeness (QED) is 0.833. The summed E-state index contributed by atoms with van der Waals surface area (Å²) < 4.78 is 4.73. The van der Waals surface area contributed by atoms with E-state index in [9.17, 15) is 4.79 Å². The van der Waals surface area contributed by atoms with Gasteiger partial charge in [0.25, 0.3) is 0 Å². The van der Waals surface area contributed by atoms with Crippen molar-refractivity contribution in [3.05, 3.63) is 0 Å². The Morgan fingerprint density at radius 2 is 2.11 bits per heavy atom. The van der Waals surface area contributed by atoms with Crippen LogP contribution in [0.1, 0.15) is 45.4 Å². The van der Waals surface area contributed by atoms with Crippen LogP contribution in [0.3, 0.4) is 0 Å². The molecule has 0 aromatic rings. The molecular weight excluding hydrogens is 240 g/mol. The molecule has 2 unspecified atom stereocenters. The SMILES string of the molecule is CCCC1CC(NC(=O)OC)CN(CC2CCC2)C1. The summed E-state index contributed by atoms with van der Waals surface area (Å²) in [5, 5.41) is 2.99. The minimum Gasteiger partial charge on any atom is -0.453 e. The number of ether oxygens (including phenoxy) is 1. The Balaban J connectivity index is 1.85. The minimum atomic E-state index is -0.286. The van der Waals surface area contributed by atoms with Crippen molar-refractivity contribution in [3.8, 4) is 0 Å². The summed E-state index contributed by atoms with van der Waals surface area (Å²) in [5.74, 6) is 1.63. The second-order valence-corrected chi connectivity index (χ2v) is 6.24. The number of alkyl carbamates (subject to hydrolysis) is 1. The van der Waals surface area contributed by atoms with Crippen molar-refractivity contribution in [2.45, 2.75) is 51.5 Å². The first-order valence-electron chi connectivity index (χ1n) is 7.78. The number of carbonyl (C=O) groups is 1. The first-order chi connectivity index (χ1) is 9.21. The lowest BCUT2D eigenvalue weighted by Gasteiger charge is -2.41.